The zero-order chi connectivity index (χ0) is 39.3. The monoisotopic (exact) mass is 815 g/mol. The second-order valence-corrected chi connectivity index (χ2v) is 24.2. The summed E-state index contributed by atoms with van der Waals surface area (Å²) in [7, 11) is 0. The van der Waals surface area contributed by atoms with Crippen LogP contribution < -0.4 is 17.6 Å². The number of nitrogens with zero attached hydrogens (tertiary/aromatic N) is 3. The Morgan fingerprint density at radius 1 is 0.441 bits per heavy atom. The summed E-state index contributed by atoms with van der Waals surface area (Å²) in [6.45, 7) is 4.72. The van der Waals surface area contributed by atoms with E-state index in [1.54, 1.807) is 0 Å². The molecule has 0 fully saturated rings. The van der Waals surface area contributed by atoms with Gasteiger partial charge in [-0.05, 0) is 16.7 Å². The maximum absolute atomic E-state index is 5.61. The summed E-state index contributed by atoms with van der Waals surface area (Å²) in [4.78, 5) is 11.2. The third-order valence-electron chi connectivity index (χ3n) is 13.1. The van der Waals surface area contributed by atoms with E-state index in [-0.39, 0.29) is 5.41 Å². The Hall–Kier alpha value is -6.82. The summed E-state index contributed by atoms with van der Waals surface area (Å²) in [5, 5.41) is 2.53. The number of hydrogen-bond donors (Lipinski definition) is 0. The van der Waals surface area contributed by atoms with Gasteiger partial charge in [0.25, 0.3) is 0 Å². The van der Waals surface area contributed by atoms with Crippen molar-refractivity contribution in [2.24, 2.45) is 0 Å². The Morgan fingerprint density at radius 2 is 1.03 bits per heavy atom. The minimum absolute atomic E-state index is 0.0896. The van der Waals surface area contributed by atoms with Crippen LogP contribution in [0.25, 0.3) is 72.5 Å². The molecule has 1 aliphatic heterocycles. The summed E-state index contributed by atoms with van der Waals surface area (Å²) in [5.74, 6) is 0.739. The van der Waals surface area contributed by atoms with E-state index in [0.29, 0.717) is 0 Å². The maximum atomic E-state index is 5.61. The first-order valence-corrected chi connectivity index (χ1v) is 24.7. The van der Waals surface area contributed by atoms with E-state index in [9.17, 15) is 0 Å². The summed E-state index contributed by atoms with van der Waals surface area (Å²) in [5.41, 5.74) is 14.3. The van der Waals surface area contributed by atoms with E-state index in [2.05, 4.69) is 219 Å². The molecule has 12 rings (SSSR count). The molecule has 0 atom stereocenters. The van der Waals surface area contributed by atoms with Gasteiger partial charge in [0, 0.05) is 5.41 Å². The fraction of sp³-hybridized carbons (Fsp3) is 0.0545. The van der Waals surface area contributed by atoms with Crippen molar-refractivity contribution in [2.45, 2.75) is 19.3 Å². The molecular formula is C55H39GeN3. The summed E-state index contributed by atoms with van der Waals surface area (Å²) >= 11 is -3.62. The third-order valence-corrected chi connectivity index (χ3v) is 23.3. The van der Waals surface area contributed by atoms with E-state index in [1.807, 2.05) is 0 Å². The molecule has 0 radical (unpaired) electrons. The first-order chi connectivity index (χ1) is 29.0. The SMILES string of the molecule is CC1(C)c2ccccc2-c2cc3c4ccccc4n(-c4ccc(-c5nc(-c6ccccc6)[c]6c(n5)-c5cccc[c]5[Ge]6([c]5ccccc5)[c]5ccccc5)cc4)c3cc21. The molecule has 0 unspecified atom stereocenters. The summed E-state index contributed by atoms with van der Waals surface area (Å²) < 4.78 is 7.91. The van der Waals surface area contributed by atoms with E-state index >= 15 is 0 Å². The van der Waals surface area contributed by atoms with Crippen LogP contribution in [0, 0.1) is 0 Å². The molecule has 0 amide bonds. The molecule has 10 aromatic rings. The summed E-state index contributed by atoms with van der Waals surface area (Å²) in [6.07, 6.45) is 0. The zero-order valence-electron chi connectivity index (χ0n) is 32.9. The van der Waals surface area contributed by atoms with Crippen LogP contribution >= 0.6 is 0 Å². The number of hydrogen-bond acceptors (Lipinski definition) is 2. The van der Waals surface area contributed by atoms with Crippen molar-refractivity contribution in [3.63, 3.8) is 0 Å². The van der Waals surface area contributed by atoms with Crippen LogP contribution in [0.2, 0.25) is 0 Å². The number of rotatable bonds is 5. The molecule has 0 saturated heterocycles. The molecule has 278 valence electrons. The molecule has 1 aliphatic carbocycles. The van der Waals surface area contributed by atoms with Gasteiger partial charge in [-0.15, -0.1) is 0 Å². The van der Waals surface area contributed by atoms with Crippen molar-refractivity contribution in [1.82, 2.24) is 14.5 Å². The number of fused-ring (bicyclic) bond motifs is 9. The molecule has 4 heteroatoms. The molecule has 3 nitrogen and oxygen atoms in total. The average molecular weight is 815 g/mol. The van der Waals surface area contributed by atoms with Crippen LogP contribution in [-0.4, -0.2) is 27.8 Å². The molecule has 0 spiro atoms. The van der Waals surface area contributed by atoms with Crippen LogP contribution in [0.4, 0.5) is 0 Å². The van der Waals surface area contributed by atoms with Crippen molar-refractivity contribution < 1.29 is 0 Å². The fourth-order valence-electron chi connectivity index (χ4n) is 10.4. The molecule has 59 heavy (non-hydrogen) atoms. The second-order valence-electron chi connectivity index (χ2n) is 16.5. The van der Waals surface area contributed by atoms with Gasteiger partial charge in [0.15, 0.2) is 0 Å². The molecule has 2 aliphatic rings. The van der Waals surface area contributed by atoms with Gasteiger partial charge in [-0.25, -0.2) is 0 Å². The van der Waals surface area contributed by atoms with Crippen LogP contribution in [-0.2, 0) is 5.41 Å². The van der Waals surface area contributed by atoms with Crippen molar-refractivity contribution in [2.75, 3.05) is 0 Å². The average Bonchev–Trinajstić information content (AvgIpc) is 3.87. The van der Waals surface area contributed by atoms with Crippen molar-refractivity contribution in [3.8, 4) is 50.7 Å². The van der Waals surface area contributed by atoms with Crippen molar-refractivity contribution >= 4 is 52.7 Å². The topological polar surface area (TPSA) is 30.7 Å². The molecule has 3 heterocycles. The van der Waals surface area contributed by atoms with Gasteiger partial charge in [-0.3, -0.25) is 0 Å². The standard InChI is InChI=1S/C55H39GeN3/c1-55(2)46-27-15-12-24-41(46)44-34-45-42-25-14-17-29-49(42)59(50(45)35-47(44)55)40-32-30-37(31-33-40)54-57-52(36-18-6-3-7-19-36)51-53(58-54)43-26-13-16-28-48(43)56(51,38-20-8-4-9-21-38)39-22-10-5-11-23-39/h3-35H,1-2H3. The number of para-hydroxylation sites is 1. The van der Waals surface area contributed by atoms with E-state index < -0.39 is 13.3 Å². The first kappa shape index (κ1) is 34.2. The van der Waals surface area contributed by atoms with E-state index in [4.69, 9.17) is 9.97 Å². The molecule has 2 aromatic heterocycles. The van der Waals surface area contributed by atoms with Crippen molar-refractivity contribution in [3.05, 3.63) is 211 Å². The van der Waals surface area contributed by atoms with Gasteiger partial charge < -0.3 is 0 Å². The Morgan fingerprint density at radius 3 is 1.76 bits per heavy atom. The van der Waals surface area contributed by atoms with Crippen LogP contribution in [0.1, 0.15) is 25.0 Å². The summed E-state index contributed by atoms with van der Waals surface area (Å²) in [6, 6.07) is 73.6. The third kappa shape index (κ3) is 4.83. The van der Waals surface area contributed by atoms with Gasteiger partial charge in [0.05, 0.1) is 0 Å². The quantitative estimate of drug-likeness (QED) is 0.162. The van der Waals surface area contributed by atoms with Crippen LogP contribution in [0.5, 0.6) is 0 Å². The van der Waals surface area contributed by atoms with Gasteiger partial charge in [-0.1, -0.05) is 44.2 Å². The van der Waals surface area contributed by atoms with E-state index in [1.165, 1.54) is 67.2 Å². The molecule has 0 saturated carbocycles. The first-order valence-electron chi connectivity index (χ1n) is 20.5. The fourth-order valence-corrected chi connectivity index (χ4v) is 21.4. The number of benzene rings is 8. The predicted molar refractivity (Wildman–Crippen MR) is 247 cm³/mol. The van der Waals surface area contributed by atoms with Crippen molar-refractivity contribution in [1.29, 1.82) is 0 Å². The van der Waals surface area contributed by atoms with Crippen LogP contribution in [0.15, 0.2) is 200 Å². The van der Waals surface area contributed by atoms with Gasteiger partial charge in [0.1, 0.15) is 0 Å². The predicted octanol–water partition coefficient (Wildman–Crippen LogP) is 10.6. The molecule has 8 aromatic carbocycles. The second kappa shape index (κ2) is 12.8. The van der Waals surface area contributed by atoms with Gasteiger partial charge in [0.2, 0.25) is 0 Å². The molecule has 0 N–H and O–H groups in total. The van der Waals surface area contributed by atoms with Gasteiger partial charge in [-0.2, -0.15) is 0 Å². The van der Waals surface area contributed by atoms with Crippen LogP contribution in [0.3, 0.4) is 0 Å². The Balaban J connectivity index is 1.07. The Bertz CT molecular complexity index is 3240. The van der Waals surface area contributed by atoms with Gasteiger partial charge >= 0.3 is 282 Å². The minimum atomic E-state index is -3.62. The van der Waals surface area contributed by atoms with E-state index in [0.717, 1.165) is 34.0 Å². The number of aromatic nitrogens is 3. The molecule has 0 bridgehead atoms. The zero-order valence-corrected chi connectivity index (χ0v) is 35.0. The normalized spacial score (nSPS) is 14.2. The Kier molecular flexibility index (Phi) is 7.45. The Labute approximate surface area is 346 Å². The molecular weight excluding hydrogens is 775 g/mol.